The molecular weight excluding hydrogens is 613 g/mol. The van der Waals surface area contributed by atoms with Crippen LogP contribution in [0.3, 0.4) is 0 Å². The van der Waals surface area contributed by atoms with Crippen LogP contribution >= 0.6 is 45.3 Å². The van der Waals surface area contributed by atoms with Gasteiger partial charge in [-0.1, -0.05) is 0 Å². The molecule has 10 rings (SSSR count). The van der Waals surface area contributed by atoms with Crippen LogP contribution < -0.4 is 0 Å². The summed E-state index contributed by atoms with van der Waals surface area (Å²) in [5.74, 6) is 0. The third-order valence-electron chi connectivity index (χ3n) is 8.45. The molecule has 0 aliphatic carbocycles. The summed E-state index contributed by atoms with van der Waals surface area (Å²) in [6, 6.07) is 36.0. The fourth-order valence-electron chi connectivity index (χ4n) is 6.16. The number of hydrogen-bond acceptors (Lipinski definition) is 6. The SMILES string of the molecule is c1cc2cc3cc4sc(-c5ccc(-c6ccc(-c7cc8cc9cc%10sccc%10cc9cc8s7)cn6)nc5)cc4cc3cc2s1. The van der Waals surface area contributed by atoms with Gasteiger partial charge >= 0.3 is 0 Å². The van der Waals surface area contributed by atoms with E-state index in [1.165, 1.54) is 71.6 Å². The molecule has 206 valence electrons. The molecule has 0 unspecified atom stereocenters. The van der Waals surface area contributed by atoms with Crippen molar-refractivity contribution < 1.29 is 0 Å². The molecule has 6 heterocycles. The molecule has 10 aromatic rings. The molecular formula is C38H20N2S4. The number of thiophene rings is 4. The minimum atomic E-state index is 0.884. The van der Waals surface area contributed by atoms with Crippen LogP contribution in [0.15, 0.2) is 120 Å². The Morgan fingerprint density at radius 3 is 1.23 bits per heavy atom. The molecule has 6 heteroatoms. The van der Waals surface area contributed by atoms with Crippen LogP contribution in [0.5, 0.6) is 0 Å². The number of aromatic nitrogens is 2. The second-order valence-electron chi connectivity index (χ2n) is 11.2. The van der Waals surface area contributed by atoms with Gasteiger partial charge in [-0.15, -0.1) is 45.3 Å². The van der Waals surface area contributed by atoms with Crippen molar-refractivity contribution in [3.63, 3.8) is 0 Å². The van der Waals surface area contributed by atoms with Crippen LogP contribution in [0.2, 0.25) is 0 Å². The minimum Gasteiger partial charge on any atom is -0.254 e. The van der Waals surface area contributed by atoms with Gasteiger partial charge in [0.1, 0.15) is 0 Å². The lowest BCUT2D eigenvalue weighted by Gasteiger charge is -2.03. The molecule has 0 bridgehead atoms. The predicted octanol–water partition coefficient (Wildman–Crippen LogP) is 12.6. The Labute approximate surface area is 268 Å². The fraction of sp³-hybridized carbons (Fsp3) is 0. The van der Waals surface area contributed by atoms with E-state index in [4.69, 9.17) is 9.97 Å². The highest BCUT2D eigenvalue weighted by Crippen LogP contribution is 2.39. The number of nitrogens with zero attached hydrogens (tertiary/aromatic N) is 2. The van der Waals surface area contributed by atoms with Crippen molar-refractivity contribution in [3.8, 4) is 32.3 Å². The Balaban J connectivity index is 0.939. The molecule has 0 spiro atoms. The standard InChI is InChI=1S/C38H20N2S4/c1-3-31(39-19-23(1)35-17-29-11-27-13-33-21(5-7-41-33)9-25(27)15-37(29)43-35)32-4-2-24(20-40-32)36-18-30-12-28-14-34-22(6-8-42-34)10-26(28)16-38(30)44-36/h1-20H. The van der Waals surface area contributed by atoms with Crippen LogP contribution in [-0.4, -0.2) is 9.97 Å². The quantitative estimate of drug-likeness (QED) is 0.194. The zero-order valence-electron chi connectivity index (χ0n) is 23.1. The lowest BCUT2D eigenvalue weighted by atomic mass is 10.1. The molecule has 2 nitrogen and oxygen atoms in total. The summed E-state index contributed by atoms with van der Waals surface area (Å²) in [6.45, 7) is 0. The minimum absolute atomic E-state index is 0.884. The largest absolute Gasteiger partial charge is 0.254 e. The predicted molar refractivity (Wildman–Crippen MR) is 195 cm³/mol. The average Bonchev–Trinajstić information content (AvgIpc) is 3.86. The molecule has 0 radical (unpaired) electrons. The Hall–Kier alpha value is -4.46. The van der Waals surface area contributed by atoms with Crippen molar-refractivity contribution in [2.45, 2.75) is 0 Å². The Morgan fingerprint density at radius 2 is 0.795 bits per heavy atom. The number of benzene rings is 4. The summed E-state index contributed by atoms with van der Waals surface area (Å²) < 4.78 is 5.28. The van der Waals surface area contributed by atoms with Crippen LogP contribution in [0, 0.1) is 0 Å². The highest BCUT2D eigenvalue weighted by molar-refractivity contribution is 7.22. The first-order valence-electron chi connectivity index (χ1n) is 14.3. The smallest absolute Gasteiger partial charge is 0.0886 e. The van der Waals surface area contributed by atoms with E-state index >= 15 is 0 Å². The molecule has 0 N–H and O–H groups in total. The highest BCUT2D eigenvalue weighted by atomic mass is 32.1. The molecule has 0 aliphatic heterocycles. The van der Waals surface area contributed by atoms with E-state index < -0.39 is 0 Å². The summed E-state index contributed by atoms with van der Waals surface area (Å²) in [7, 11) is 0. The maximum atomic E-state index is 4.82. The van der Waals surface area contributed by atoms with Gasteiger partial charge in [0, 0.05) is 52.1 Å². The number of rotatable bonds is 3. The summed E-state index contributed by atoms with van der Waals surface area (Å²) in [6.07, 6.45) is 3.96. The van der Waals surface area contributed by atoms with E-state index in [0.717, 1.165) is 22.5 Å². The molecule has 4 aromatic carbocycles. The maximum absolute atomic E-state index is 4.82. The first kappa shape index (κ1) is 24.9. The topological polar surface area (TPSA) is 25.8 Å². The monoisotopic (exact) mass is 632 g/mol. The van der Waals surface area contributed by atoms with Gasteiger partial charge in [-0.05, 0) is 151 Å². The van der Waals surface area contributed by atoms with E-state index in [-0.39, 0.29) is 0 Å². The first-order chi connectivity index (χ1) is 21.7. The number of hydrogen-bond donors (Lipinski definition) is 0. The normalized spacial score (nSPS) is 12.1. The van der Waals surface area contributed by atoms with Crippen molar-refractivity contribution >= 4 is 107 Å². The van der Waals surface area contributed by atoms with Crippen LogP contribution in [0.25, 0.3) is 94.2 Å². The molecule has 6 aromatic heterocycles. The molecule has 0 saturated carbocycles. The Morgan fingerprint density at radius 1 is 0.364 bits per heavy atom. The van der Waals surface area contributed by atoms with Crippen LogP contribution in [0.1, 0.15) is 0 Å². The van der Waals surface area contributed by atoms with Gasteiger partial charge in [0.2, 0.25) is 0 Å². The third-order valence-corrected chi connectivity index (χ3v) is 12.5. The molecule has 44 heavy (non-hydrogen) atoms. The molecule has 0 fully saturated rings. The number of fused-ring (bicyclic) bond motifs is 6. The lowest BCUT2D eigenvalue weighted by molar-refractivity contribution is 1.25. The summed E-state index contributed by atoms with van der Waals surface area (Å²) in [4.78, 5) is 12.1. The Kier molecular flexibility index (Phi) is 5.39. The molecule has 0 atom stereocenters. The van der Waals surface area contributed by atoms with E-state index in [9.17, 15) is 0 Å². The van der Waals surface area contributed by atoms with Crippen LogP contribution in [-0.2, 0) is 0 Å². The van der Waals surface area contributed by atoms with Gasteiger partial charge in [-0.25, -0.2) is 0 Å². The van der Waals surface area contributed by atoms with Crippen LogP contribution in [0.4, 0.5) is 0 Å². The molecule has 0 amide bonds. The van der Waals surface area contributed by atoms with E-state index in [1.807, 2.05) is 35.1 Å². The summed E-state index contributed by atoms with van der Waals surface area (Å²) in [5, 5.41) is 14.7. The van der Waals surface area contributed by atoms with Gasteiger partial charge in [0.25, 0.3) is 0 Å². The van der Waals surface area contributed by atoms with E-state index in [2.05, 4.69) is 108 Å². The Bertz CT molecular complexity index is 2380. The first-order valence-corrected chi connectivity index (χ1v) is 17.7. The molecule has 0 aliphatic rings. The molecule has 0 saturated heterocycles. The highest BCUT2D eigenvalue weighted by Gasteiger charge is 2.11. The zero-order valence-corrected chi connectivity index (χ0v) is 26.3. The van der Waals surface area contributed by atoms with Crippen molar-refractivity contribution in [2.75, 3.05) is 0 Å². The van der Waals surface area contributed by atoms with Crippen molar-refractivity contribution in [3.05, 3.63) is 120 Å². The van der Waals surface area contributed by atoms with Gasteiger partial charge in [-0.3, -0.25) is 9.97 Å². The van der Waals surface area contributed by atoms with Gasteiger partial charge < -0.3 is 0 Å². The summed E-state index contributed by atoms with van der Waals surface area (Å²) in [5.41, 5.74) is 4.03. The fourth-order valence-corrected chi connectivity index (χ4v) is 9.96. The van der Waals surface area contributed by atoms with E-state index in [1.54, 1.807) is 22.7 Å². The third kappa shape index (κ3) is 4.03. The second-order valence-corrected chi connectivity index (χ2v) is 15.2. The number of pyridine rings is 2. The van der Waals surface area contributed by atoms with Crippen molar-refractivity contribution in [1.29, 1.82) is 0 Å². The average molecular weight is 633 g/mol. The lowest BCUT2D eigenvalue weighted by Crippen LogP contribution is -1.87. The van der Waals surface area contributed by atoms with Crippen molar-refractivity contribution in [1.82, 2.24) is 9.97 Å². The zero-order chi connectivity index (χ0) is 28.8. The van der Waals surface area contributed by atoms with E-state index in [0.29, 0.717) is 0 Å². The van der Waals surface area contributed by atoms with Gasteiger partial charge in [-0.2, -0.15) is 0 Å². The second kappa shape index (κ2) is 9.52. The van der Waals surface area contributed by atoms with Gasteiger partial charge in [0.05, 0.1) is 11.4 Å². The van der Waals surface area contributed by atoms with Gasteiger partial charge in [0.15, 0.2) is 0 Å². The van der Waals surface area contributed by atoms with Crippen molar-refractivity contribution in [2.24, 2.45) is 0 Å². The summed E-state index contributed by atoms with van der Waals surface area (Å²) >= 11 is 7.25. The maximum Gasteiger partial charge on any atom is 0.0886 e.